The van der Waals surface area contributed by atoms with E-state index in [1.165, 1.54) is 41.2 Å². The second-order valence-corrected chi connectivity index (χ2v) is 23.4. The molecule has 63 heavy (non-hydrogen) atoms. The van der Waals surface area contributed by atoms with E-state index in [0.717, 1.165) is 108 Å². The Hall–Kier alpha value is -2.59. The zero-order chi connectivity index (χ0) is 46.5. The molecule has 6 rings (SSSR count). The summed E-state index contributed by atoms with van der Waals surface area (Å²) in [5, 5.41) is 2.77. The number of hydrogen-bond acceptors (Lipinski definition) is 9. The number of aryl methyl sites for hydroxylation is 2. The highest BCUT2D eigenvalue weighted by Gasteiger charge is 2.32. The molecule has 2 unspecified atom stereocenters. The van der Waals surface area contributed by atoms with Crippen molar-refractivity contribution in [2.45, 2.75) is 131 Å². The Morgan fingerprint density at radius 3 is 1.48 bits per heavy atom. The van der Waals surface area contributed by atoms with Crippen LogP contribution in [0.15, 0.2) is 36.4 Å². The third kappa shape index (κ3) is 17.0. The molecule has 2 fully saturated rings. The van der Waals surface area contributed by atoms with Crippen molar-refractivity contribution in [3.05, 3.63) is 58.7 Å². The van der Waals surface area contributed by atoms with Crippen LogP contribution in [-0.2, 0) is 55.3 Å². The maximum atomic E-state index is 12.1. The molecule has 2 aromatic carbocycles. The molecule has 15 heteroatoms. The molecule has 0 bridgehead atoms. The molecule has 0 radical (unpaired) electrons. The van der Waals surface area contributed by atoms with E-state index in [9.17, 15) is 26.4 Å². The van der Waals surface area contributed by atoms with Gasteiger partial charge in [0.1, 0.15) is 0 Å². The summed E-state index contributed by atoms with van der Waals surface area (Å²) in [4.78, 5) is 27.3. The maximum absolute atomic E-state index is 12.1. The number of nitrogens with one attached hydrogen (secondary N) is 1. The topological polar surface area (TPSA) is 153 Å². The SMILES string of the molecule is CC(C)C(=O)Cl.CCCN(CC1CCN(S(C)(=O)=O)CC1)C1CCc2ccc(N)cc2C1.CCCN(CC1CCN(S(C)(=O)=O)CC1)C1CCc2ccc(NC(=O)C(C)C)cc2C1. The normalized spacial score (nSPS) is 20.4. The van der Waals surface area contributed by atoms with Crippen molar-refractivity contribution < 1.29 is 26.4 Å². The standard InChI is InChI=1S/C24H39N3O3S.C20H33N3O2S.C4H7ClO/c1-5-12-26(17-19-10-13-27(14-11-19)31(4,29)30)23-9-7-20-6-8-22(15-21(20)16-23)25-24(28)18(2)3;1-3-10-22(15-16-8-11-23(12-9-16)26(2,24)25)20-7-5-17-4-6-19(21)13-18(17)14-20;1-3(2)4(5)6/h6,8,15,18-19,23H,5,7,9-14,16-17H2,1-4H3,(H,25,28);4,6,13,16,20H,3,5,7-12,14-15,21H2,1-2H3;3H,1-2H3. The maximum Gasteiger partial charge on any atom is 0.226 e. The van der Waals surface area contributed by atoms with Gasteiger partial charge in [-0.3, -0.25) is 19.4 Å². The largest absolute Gasteiger partial charge is 0.399 e. The van der Waals surface area contributed by atoms with Gasteiger partial charge in [-0.1, -0.05) is 53.7 Å². The number of hydrogen-bond donors (Lipinski definition) is 2. The summed E-state index contributed by atoms with van der Waals surface area (Å²) in [5.41, 5.74) is 13.4. The Morgan fingerprint density at radius 1 is 0.683 bits per heavy atom. The molecular formula is C48H79ClN6O6S2. The lowest BCUT2D eigenvalue weighted by molar-refractivity contribution is -0.119. The first-order valence-corrected chi connectivity index (χ1v) is 27.6. The number of fused-ring (bicyclic) bond motifs is 2. The average Bonchev–Trinajstić information content (AvgIpc) is 3.23. The number of halogens is 1. The molecule has 2 saturated heterocycles. The highest BCUT2D eigenvalue weighted by Crippen LogP contribution is 2.31. The average molecular weight is 936 g/mol. The van der Waals surface area contributed by atoms with Crippen LogP contribution >= 0.6 is 11.6 Å². The van der Waals surface area contributed by atoms with E-state index in [0.29, 0.717) is 50.1 Å². The van der Waals surface area contributed by atoms with Crippen molar-refractivity contribution >= 4 is 54.2 Å². The molecule has 3 N–H and O–H groups in total. The van der Waals surface area contributed by atoms with E-state index >= 15 is 0 Å². The Kier molecular flexibility index (Phi) is 20.9. The van der Waals surface area contributed by atoms with E-state index in [4.69, 9.17) is 17.3 Å². The third-order valence-corrected chi connectivity index (χ3v) is 16.3. The summed E-state index contributed by atoms with van der Waals surface area (Å²) < 4.78 is 50.3. The van der Waals surface area contributed by atoms with E-state index in [1.807, 2.05) is 26.0 Å². The Morgan fingerprint density at radius 2 is 1.10 bits per heavy atom. The van der Waals surface area contributed by atoms with Gasteiger partial charge in [-0.25, -0.2) is 25.4 Å². The third-order valence-electron chi connectivity index (χ3n) is 13.2. The lowest BCUT2D eigenvalue weighted by Gasteiger charge is -2.39. The van der Waals surface area contributed by atoms with Crippen LogP contribution in [0.2, 0.25) is 0 Å². The number of benzene rings is 2. The molecule has 0 saturated carbocycles. The fourth-order valence-corrected chi connectivity index (χ4v) is 11.2. The van der Waals surface area contributed by atoms with Gasteiger partial charge in [0.05, 0.1) is 12.5 Å². The molecule has 12 nitrogen and oxygen atoms in total. The number of carbonyl (C=O) groups is 2. The predicted octanol–water partition coefficient (Wildman–Crippen LogP) is 7.44. The highest BCUT2D eigenvalue weighted by molar-refractivity contribution is 7.88. The molecular weight excluding hydrogens is 856 g/mol. The molecule has 0 aromatic heterocycles. The molecule has 2 atom stereocenters. The fraction of sp³-hybridized carbons (Fsp3) is 0.708. The summed E-state index contributed by atoms with van der Waals surface area (Å²) in [5.74, 6) is 1.16. The van der Waals surface area contributed by atoms with Crippen LogP contribution in [0.4, 0.5) is 11.4 Å². The van der Waals surface area contributed by atoms with Crippen LogP contribution < -0.4 is 11.1 Å². The number of carbonyl (C=O) groups excluding carboxylic acids is 2. The van der Waals surface area contributed by atoms with Gasteiger partial charge >= 0.3 is 0 Å². The monoisotopic (exact) mass is 935 g/mol. The number of amides is 1. The molecule has 2 aliphatic carbocycles. The van der Waals surface area contributed by atoms with Crippen LogP contribution in [0.3, 0.4) is 0 Å². The van der Waals surface area contributed by atoms with Gasteiger partial charge in [-0.05, 0) is 160 Å². The van der Waals surface area contributed by atoms with Crippen LogP contribution in [0.1, 0.15) is 115 Å². The van der Waals surface area contributed by atoms with Crippen LogP contribution in [0.5, 0.6) is 0 Å². The zero-order valence-corrected chi connectivity index (χ0v) is 42.0. The first kappa shape index (κ1) is 53.0. The van der Waals surface area contributed by atoms with Crippen molar-refractivity contribution in [2.24, 2.45) is 23.7 Å². The van der Waals surface area contributed by atoms with Gasteiger partial charge in [0.2, 0.25) is 31.2 Å². The number of piperidine rings is 2. The minimum Gasteiger partial charge on any atom is -0.399 e. The molecule has 0 spiro atoms. The molecule has 2 aromatic rings. The smallest absolute Gasteiger partial charge is 0.226 e. The van der Waals surface area contributed by atoms with Gasteiger partial charge in [0.15, 0.2) is 0 Å². The van der Waals surface area contributed by atoms with Gasteiger partial charge in [0, 0.05) is 74.6 Å². The number of anilines is 2. The van der Waals surface area contributed by atoms with Crippen LogP contribution in [0, 0.1) is 23.7 Å². The minimum atomic E-state index is -3.07. The van der Waals surface area contributed by atoms with Gasteiger partial charge in [-0.2, -0.15) is 0 Å². The molecule has 356 valence electrons. The van der Waals surface area contributed by atoms with Crippen molar-refractivity contribution in [1.82, 2.24) is 18.4 Å². The van der Waals surface area contributed by atoms with Crippen molar-refractivity contribution in [3.8, 4) is 0 Å². The Labute approximate surface area is 386 Å². The second-order valence-electron chi connectivity index (χ2n) is 19.1. The molecule has 1 amide bonds. The van der Waals surface area contributed by atoms with Gasteiger partial charge < -0.3 is 11.1 Å². The molecule has 2 aliphatic heterocycles. The van der Waals surface area contributed by atoms with Crippen molar-refractivity contribution in [1.29, 1.82) is 0 Å². The number of nitrogens with two attached hydrogens (primary N) is 1. The summed E-state index contributed by atoms with van der Waals surface area (Å²) >= 11 is 4.97. The first-order chi connectivity index (χ1) is 29.7. The van der Waals surface area contributed by atoms with Gasteiger partial charge in [-0.15, -0.1) is 0 Å². The van der Waals surface area contributed by atoms with Crippen molar-refractivity contribution in [2.75, 3.05) is 75.9 Å². The predicted molar refractivity (Wildman–Crippen MR) is 260 cm³/mol. The van der Waals surface area contributed by atoms with Crippen LogP contribution in [-0.4, -0.2) is 123 Å². The molecule has 2 heterocycles. The summed E-state index contributed by atoms with van der Waals surface area (Å²) in [6, 6.07) is 13.8. The lowest BCUT2D eigenvalue weighted by Crippen LogP contribution is -2.45. The molecule has 4 aliphatic rings. The zero-order valence-electron chi connectivity index (χ0n) is 39.6. The number of nitrogens with zero attached hydrogens (tertiary/aromatic N) is 4. The second kappa shape index (κ2) is 24.8. The lowest BCUT2D eigenvalue weighted by atomic mass is 9.86. The highest BCUT2D eigenvalue weighted by atomic mass is 35.5. The Balaban J connectivity index is 0.000000248. The number of sulfonamides is 2. The minimum absolute atomic E-state index is 0.0216. The first-order valence-electron chi connectivity index (χ1n) is 23.6. The van der Waals surface area contributed by atoms with Crippen LogP contribution in [0.25, 0.3) is 0 Å². The Bertz CT molecular complexity index is 2000. The summed E-state index contributed by atoms with van der Waals surface area (Å²) in [7, 11) is -6.11. The van der Waals surface area contributed by atoms with E-state index in [1.54, 1.807) is 22.5 Å². The number of nitrogen functional groups attached to an aromatic ring is 1. The van der Waals surface area contributed by atoms with E-state index in [-0.39, 0.29) is 23.0 Å². The fourth-order valence-electron chi connectivity index (χ4n) is 9.41. The number of rotatable bonds is 15. The van der Waals surface area contributed by atoms with E-state index in [2.05, 4.69) is 53.2 Å². The summed E-state index contributed by atoms with van der Waals surface area (Å²) in [6.45, 7) is 18.8. The quantitative estimate of drug-likeness (QED) is 0.137. The van der Waals surface area contributed by atoms with Crippen molar-refractivity contribution in [3.63, 3.8) is 0 Å². The van der Waals surface area contributed by atoms with Gasteiger partial charge in [0.25, 0.3) is 0 Å². The van der Waals surface area contributed by atoms with E-state index < -0.39 is 20.0 Å². The summed E-state index contributed by atoms with van der Waals surface area (Å²) in [6.07, 6.45) is 15.4.